The van der Waals surface area contributed by atoms with Crippen LogP contribution in [0.1, 0.15) is 37.7 Å². The molecule has 0 bridgehead atoms. The zero-order valence-electron chi connectivity index (χ0n) is 12.9. The van der Waals surface area contributed by atoms with Gasteiger partial charge in [-0.3, -0.25) is 4.79 Å². The molecule has 2 aromatic rings. The molecule has 0 saturated heterocycles. The maximum absolute atomic E-state index is 12.1. The summed E-state index contributed by atoms with van der Waals surface area (Å²) in [6.45, 7) is 0.369. The topological polar surface area (TPSA) is 104 Å². The fourth-order valence-corrected chi connectivity index (χ4v) is 3.06. The third-order valence-corrected chi connectivity index (χ3v) is 4.36. The highest BCUT2D eigenvalue weighted by Crippen LogP contribution is 2.26. The highest BCUT2D eigenvalue weighted by Gasteiger charge is 2.27. The molecule has 1 aliphatic carbocycles. The van der Waals surface area contributed by atoms with Crippen molar-refractivity contribution in [1.29, 1.82) is 0 Å². The first kappa shape index (κ1) is 15.6. The van der Waals surface area contributed by atoms with Crippen molar-refractivity contribution in [2.24, 2.45) is 5.92 Å². The molecule has 1 aliphatic rings. The zero-order valence-corrected chi connectivity index (χ0v) is 12.9. The van der Waals surface area contributed by atoms with Crippen LogP contribution in [0.3, 0.4) is 0 Å². The largest absolute Gasteiger partial charge is 0.383 e. The van der Waals surface area contributed by atoms with Crippen LogP contribution < -0.4 is 5.32 Å². The van der Waals surface area contributed by atoms with E-state index in [4.69, 9.17) is 0 Å². The fraction of sp³-hybridized carbons (Fsp3) is 0.500. The van der Waals surface area contributed by atoms with Gasteiger partial charge in [-0.05, 0) is 35.6 Å². The van der Waals surface area contributed by atoms with Crippen molar-refractivity contribution in [2.45, 2.75) is 44.8 Å². The van der Waals surface area contributed by atoms with Crippen molar-refractivity contribution >= 4 is 5.91 Å². The van der Waals surface area contributed by atoms with E-state index in [9.17, 15) is 9.90 Å². The number of H-pyrrole nitrogens is 1. The normalized spacial score (nSPS) is 16.9. The van der Waals surface area contributed by atoms with Crippen molar-refractivity contribution in [3.8, 4) is 11.4 Å². The summed E-state index contributed by atoms with van der Waals surface area (Å²) in [5.41, 5.74) is 1.76. The SMILES string of the molecule is O=C(NCc1cccc(-c2nn[nH]n2)c1)[C@H](O)C1CCCCC1. The van der Waals surface area contributed by atoms with Gasteiger partial charge in [0.1, 0.15) is 6.10 Å². The number of aliphatic hydroxyl groups is 1. The predicted octanol–water partition coefficient (Wildman–Crippen LogP) is 1.42. The van der Waals surface area contributed by atoms with E-state index in [-0.39, 0.29) is 11.8 Å². The Bertz CT molecular complexity index is 638. The lowest BCUT2D eigenvalue weighted by Gasteiger charge is -2.25. The molecule has 0 unspecified atom stereocenters. The molecule has 1 heterocycles. The minimum atomic E-state index is -0.907. The number of aliphatic hydroxyl groups excluding tert-OH is 1. The maximum Gasteiger partial charge on any atom is 0.249 e. The third kappa shape index (κ3) is 3.92. The Kier molecular flexibility index (Phi) is 4.97. The number of benzene rings is 1. The second-order valence-electron chi connectivity index (χ2n) is 6.00. The monoisotopic (exact) mass is 315 g/mol. The average Bonchev–Trinajstić information content (AvgIpc) is 3.15. The summed E-state index contributed by atoms with van der Waals surface area (Å²) >= 11 is 0. The molecule has 3 rings (SSSR count). The molecule has 1 saturated carbocycles. The number of carbonyl (C=O) groups excluding carboxylic acids is 1. The molecule has 0 spiro atoms. The van der Waals surface area contributed by atoms with Crippen LogP contribution in [-0.4, -0.2) is 37.7 Å². The van der Waals surface area contributed by atoms with Crippen LogP contribution in [0.2, 0.25) is 0 Å². The number of tetrazole rings is 1. The molecule has 1 atom stereocenters. The van der Waals surface area contributed by atoms with Crippen molar-refractivity contribution in [3.63, 3.8) is 0 Å². The molecule has 23 heavy (non-hydrogen) atoms. The number of aromatic nitrogens is 4. The third-order valence-electron chi connectivity index (χ3n) is 4.36. The Morgan fingerprint density at radius 2 is 2.17 bits per heavy atom. The Morgan fingerprint density at radius 3 is 2.91 bits per heavy atom. The minimum absolute atomic E-state index is 0.0921. The van der Waals surface area contributed by atoms with E-state index in [2.05, 4.69) is 25.9 Å². The van der Waals surface area contributed by atoms with Gasteiger partial charge in [-0.15, -0.1) is 10.2 Å². The fourth-order valence-electron chi connectivity index (χ4n) is 3.06. The molecule has 1 fully saturated rings. The summed E-state index contributed by atoms with van der Waals surface area (Å²) in [5, 5.41) is 26.8. The quantitative estimate of drug-likeness (QED) is 0.774. The summed E-state index contributed by atoms with van der Waals surface area (Å²) in [7, 11) is 0. The summed E-state index contributed by atoms with van der Waals surface area (Å²) in [4.78, 5) is 12.1. The first-order chi connectivity index (χ1) is 11.2. The van der Waals surface area contributed by atoms with E-state index < -0.39 is 6.10 Å². The molecule has 1 aromatic carbocycles. The minimum Gasteiger partial charge on any atom is -0.383 e. The lowest BCUT2D eigenvalue weighted by atomic mass is 9.85. The molecule has 122 valence electrons. The highest BCUT2D eigenvalue weighted by atomic mass is 16.3. The summed E-state index contributed by atoms with van der Waals surface area (Å²) in [6.07, 6.45) is 4.36. The molecule has 7 heteroatoms. The van der Waals surface area contributed by atoms with Gasteiger partial charge in [0.15, 0.2) is 0 Å². The van der Waals surface area contributed by atoms with Gasteiger partial charge in [-0.2, -0.15) is 5.21 Å². The van der Waals surface area contributed by atoms with Gasteiger partial charge in [0.05, 0.1) is 0 Å². The van der Waals surface area contributed by atoms with Crippen molar-refractivity contribution in [1.82, 2.24) is 25.9 Å². The van der Waals surface area contributed by atoms with Crippen molar-refractivity contribution in [2.75, 3.05) is 0 Å². The lowest BCUT2D eigenvalue weighted by molar-refractivity contribution is -0.132. The molecule has 1 aromatic heterocycles. The van der Waals surface area contributed by atoms with Gasteiger partial charge in [-0.25, -0.2) is 0 Å². The number of carbonyl (C=O) groups is 1. The van der Waals surface area contributed by atoms with Gasteiger partial charge in [0.2, 0.25) is 11.7 Å². The Balaban J connectivity index is 1.57. The molecule has 3 N–H and O–H groups in total. The standard InChI is InChI=1S/C16H21N5O2/c22-14(12-6-2-1-3-7-12)16(23)17-10-11-5-4-8-13(9-11)15-18-20-21-19-15/h4-5,8-9,12,14,22H,1-3,6-7,10H2,(H,17,23)(H,18,19,20,21)/t14-/m1/s1. The second-order valence-corrected chi connectivity index (χ2v) is 6.00. The summed E-state index contributed by atoms with van der Waals surface area (Å²) in [5.74, 6) is 0.316. The molecular formula is C16H21N5O2. The number of hydrogen-bond donors (Lipinski definition) is 3. The van der Waals surface area contributed by atoms with Gasteiger partial charge in [0, 0.05) is 12.1 Å². The number of nitrogens with zero attached hydrogens (tertiary/aromatic N) is 3. The molecule has 7 nitrogen and oxygen atoms in total. The van der Waals surface area contributed by atoms with E-state index in [0.29, 0.717) is 12.4 Å². The lowest BCUT2D eigenvalue weighted by Crippen LogP contribution is -2.39. The van der Waals surface area contributed by atoms with Crippen LogP contribution in [-0.2, 0) is 11.3 Å². The van der Waals surface area contributed by atoms with Crippen LogP contribution in [0.25, 0.3) is 11.4 Å². The number of rotatable bonds is 5. The Morgan fingerprint density at radius 1 is 1.35 bits per heavy atom. The number of aromatic amines is 1. The summed E-state index contributed by atoms with van der Waals surface area (Å²) < 4.78 is 0. The Labute approximate surface area is 134 Å². The smallest absolute Gasteiger partial charge is 0.249 e. The molecule has 0 aliphatic heterocycles. The first-order valence-electron chi connectivity index (χ1n) is 8.02. The van der Waals surface area contributed by atoms with Gasteiger partial charge in [0.25, 0.3) is 0 Å². The van der Waals surface area contributed by atoms with E-state index in [1.807, 2.05) is 24.3 Å². The average molecular weight is 315 g/mol. The number of nitrogens with one attached hydrogen (secondary N) is 2. The van der Waals surface area contributed by atoms with Crippen molar-refractivity contribution in [3.05, 3.63) is 29.8 Å². The van der Waals surface area contributed by atoms with E-state index in [0.717, 1.165) is 36.8 Å². The molecule has 0 radical (unpaired) electrons. The van der Waals surface area contributed by atoms with Crippen LogP contribution in [0.15, 0.2) is 24.3 Å². The number of amides is 1. The van der Waals surface area contributed by atoms with Gasteiger partial charge in [-0.1, -0.05) is 37.5 Å². The molecular weight excluding hydrogens is 294 g/mol. The second kappa shape index (κ2) is 7.32. The maximum atomic E-state index is 12.1. The highest BCUT2D eigenvalue weighted by molar-refractivity contribution is 5.80. The van der Waals surface area contributed by atoms with E-state index in [1.165, 1.54) is 6.42 Å². The predicted molar refractivity (Wildman–Crippen MR) is 84.0 cm³/mol. The summed E-state index contributed by atoms with van der Waals surface area (Å²) in [6, 6.07) is 7.58. The Hall–Kier alpha value is -2.28. The molecule has 1 amide bonds. The first-order valence-corrected chi connectivity index (χ1v) is 8.02. The van der Waals surface area contributed by atoms with Crippen LogP contribution >= 0.6 is 0 Å². The number of hydrogen-bond acceptors (Lipinski definition) is 5. The van der Waals surface area contributed by atoms with Crippen molar-refractivity contribution < 1.29 is 9.90 Å². The van der Waals surface area contributed by atoms with Crippen LogP contribution in [0, 0.1) is 5.92 Å². The zero-order chi connectivity index (χ0) is 16.1. The van der Waals surface area contributed by atoms with E-state index >= 15 is 0 Å². The van der Waals surface area contributed by atoms with Gasteiger partial charge < -0.3 is 10.4 Å². The van der Waals surface area contributed by atoms with Gasteiger partial charge >= 0.3 is 0 Å². The van der Waals surface area contributed by atoms with Crippen LogP contribution in [0.4, 0.5) is 0 Å². The van der Waals surface area contributed by atoms with E-state index in [1.54, 1.807) is 0 Å². The van der Waals surface area contributed by atoms with Crippen LogP contribution in [0.5, 0.6) is 0 Å².